The number of nitrogens with one attached hydrogen (secondary N) is 1. The van der Waals surface area contributed by atoms with Crippen LogP contribution in [-0.4, -0.2) is 5.92 Å². The summed E-state index contributed by atoms with van der Waals surface area (Å²) in [5.41, 5.74) is 6.58. The van der Waals surface area contributed by atoms with E-state index in [1.165, 1.54) is 17.5 Å². The number of hydrazine groups is 1. The predicted molar refractivity (Wildman–Crippen MR) is 70.8 cm³/mol. The number of rotatable bonds is 3. The van der Waals surface area contributed by atoms with Crippen molar-refractivity contribution in [3.8, 4) is 0 Å². The lowest BCUT2D eigenvalue weighted by Crippen LogP contribution is -2.33. The second kappa shape index (κ2) is 4.84. The number of hydrogen-bond donors (Lipinski definition) is 2. The van der Waals surface area contributed by atoms with Gasteiger partial charge in [0.1, 0.15) is 0 Å². The number of aryl methyl sites for hydroxylation is 2. The van der Waals surface area contributed by atoms with Crippen molar-refractivity contribution >= 4 is 0 Å². The topological polar surface area (TPSA) is 38.0 Å². The van der Waals surface area contributed by atoms with Crippen molar-refractivity contribution in [2.45, 2.75) is 50.5 Å². The largest absolute Gasteiger partial charge is 0.271 e. The van der Waals surface area contributed by atoms with E-state index in [0.717, 1.165) is 18.4 Å². The molecular weight excluding hydrogens is 246 g/mol. The van der Waals surface area contributed by atoms with Gasteiger partial charge in [-0.25, -0.2) is 8.78 Å². The first-order valence-corrected chi connectivity index (χ1v) is 7.05. The summed E-state index contributed by atoms with van der Waals surface area (Å²) in [5, 5.41) is 0. The van der Waals surface area contributed by atoms with E-state index in [4.69, 9.17) is 5.84 Å². The molecule has 2 aliphatic rings. The fraction of sp³-hybridized carbons (Fsp3) is 0.600. The molecule has 3 rings (SSSR count). The Morgan fingerprint density at radius 2 is 2.05 bits per heavy atom. The molecule has 0 heterocycles. The normalized spacial score (nSPS) is 26.4. The van der Waals surface area contributed by atoms with Crippen LogP contribution in [0.15, 0.2) is 18.2 Å². The molecule has 4 heteroatoms. The van der Waals surface area contributed by atoms with Crippen LogP contribution in [0.25, 0.3) is 0 Å². The molecular formula is C15H20F2N2. The van der Waals surface area contributed by atoms with Crippen LogP contribution in [0, 0.1) is 5.92 Å². The zero-order chi connectivity index (χ0) is 13.5. The quantitative estimate of drug-likeness (QED) is 0.651. The molecule has 0 radical (unpaired) electrons. The highest BCUT2D eigenvalue weighted by Gasteiger charge is 2.42. The smallest absolute Gasteiger partial charge is 0.248 e. The molecule has 1 aromatic carbocycles. The molecule has 0 aromatic heterocycles. The van der Waals surface area contributed by atoms with Gasteiger partial charge in [-0.15, -0.1) is 0 Å². The van der Waals surface area contributed by atoms with Gasteiger partial charge in [-0.3, -0.25) is 11.3 Å². The Labute approximate surface area is 112 Å². The molecule has 2 atom stereocenters. The van der Waals surface area contributed by atoms with Crippen molar-refractivity contribution in [1.82, 2.24) is 5.43 Å². The Balaban J connectivity index is 1.83. The van der Waals surface area contributed by atoms with Crippen molar-refractivity contribution in [1.29, 1.82) is 0 Å². The van der Waals surface area contributed by atoms with E-state index in [1.807, 2.05) is 6.07 Å². The molecule has 1 aromatic rings. The molecule has 0 bridgehead atoms. The highest BCUT2D eigenvalue weighted by Crippen LogP contribution is 2.44. The fourth-order valence-corrected chi connectivity index (χ4v) is 3.56. The molecule has 1 fully saturated rings. The third-order valence-corrected chi connectivity index (χ3v) is 4.57. The highest BCUT2D eigenvalue weighted by atomic mass is 19.3. The average molecular weight is 266 g/mol. The zero-order valence-electron chi connectivity index (χ0n) is 11.0. The summed E-state index contributed by atoms with van der Waals surface area (Å²) in [6.45, 7) is 0. The van der Waals surface area contributed by atoms with Crippen LogP contribution in [-0.2, 0) is 12.8 Å². The van der Waals surface area contributed by atoms with Crippen LogP contribution >= 0.6 is 0 Å². The van der Waals surface area contributed by atoms with Gasteiger partial charge in [0.15, 0.2) is 0 Å². The third kappa shape index (κ3) is 2.51. The van der Waals surface area contributed by atoms with Gasteiger partial charge in [0, 0.05) is 18.9 Å². The van der Waals surface area contributed by atoms with E-state index >= 15 is 0 Å². The van der Waals surface area contributed by atoms with Gasteiger partial charge >= 0.3 is 0 Å². The third-order valence-electron chi connectivity index (χ3n) is 4.57. The SMILES string of the molecule is NNC(c1ccc2c(c1)CCC2)C1CCC(F)(F)C1. The molecule has 0 amide bonds. The second-order valence-electron chi connectivity index (χ2n) is 5.88. The minimum Gasteiger partial charge on any atom is -0.271 e. The van der Waals surface area contributed by atoms with E-state index in [-0.39, 0.29) is 24.8 Å². The van der Waals surface area contributed by atoms with Crippen LogP contribution < -0.4 is 11.3 Å². The minimum atomic E-state index is -2.52. The monoisotopic (exact) mass is 266 g/mol. The lowest BCUT2D eigenvalue weighted by atomic mass is 9.90. The average Bonchev–Trinajstić information content (AvgIpc) is 2.96. The molecule has 0 saturated heterocycles. The van der Waals surface area contributed by atoms with Gasteiger partial charge in [-0.1, -0.05) is 18.2 Å². The van der Waals surface area contributed by atoms with E-state index in [1.54, 1.807) is 0 Å². The van der Waals surface area contributed by atoms with Crippen LogP contribution in [0.1, 0.15) is 48.4 Å². The van der Waals surface area contributed by atoms with Gasteiger partial charge < -0.3 is 0 Å². The number of hydrogen-bond acceptors (Lipinski definition) is 2. The summed E-state index contributed by atoms with van der Waals surface area (Å²) < 4.78 is 26.7. The molecule has 0 aliphatic heterocycles. The Bertz CT molecular complexity index is 473. The van der Waals surface area contributed by atoms with Crippen molar-refractivity contribution < 1.29 is 8.78 Å². The molecule has 19 heavy (non-hydrogen) atoms. The van der Waals surface area contributed by atoms with Gasteiger partial charge in [0.25, 0.3) is 0 Å². The maximum atomic E-state index is 13.4. The van der Waals surface area contributed by atoms with E-state index in [2.05, 4.69) is 17.6 Å². The van der Waals surface area contributed by atoms with Gasteiger partial charge in [0.05, 0.1) is 0 Å². The first-order valence-electron chi connectivity index (χ1n) is 7.05. The molecule has 2 aliphatic carbocycles. The van der Waals surface area contributed by atoms with Crippen LogP contribution in [0.5, 0.6) is 0 Å². The highest BCUT2D eigenvalue weighted by molar-refractivity contribution is 5.36. The number of halogens is 2. The van der Waals surface area contributed by atoms with E-state index < -0.39 is 5.92 Å². The van der Waals surface area contributed by atoms with Gasteiger partial charge in [0.2, 0.25) is 5.92 Å². The summed E-state index contributed by atoms with van der Waals surface area (Å²) in [4.78, 5) is 0. The van der Waals surface area contributed by atoms with Gasteiger partial charge in [-0.05, 0) is 48.3 Å². The number of fused-ring (bicyclic) bond motifs is 1. The van der Waals surface area contributed by atoms with Crippen molar-refractivity contribution in [3.63, 3.8) is 0 Å². The Kier molecular flexibility index (Phi) is 3.31. The molecule has 104 valence electrons. The van der Waals surface area contributed by atoms with Crippen LogP contribution in [0.4, 0.5) is 8.78 Å². The first-order chi connectivity index (χ1) is 9.09. The zero-order valence-corrected chi connectivity index (χ0v) is 11.0. The van der Waals surface area contributed by atoms with Crippen molar-refractivity contribution in [3.05, 3.63) is 34.9 Å². The maximum Gasteiger partial charge on any atom is 0.248 e. The molecule has 1 saturated carbocycles. The molecule has 2 nitrogen and oxygen atoms in total. The summed E-state index contributed by atoms with van der Waals surface area (Å²) in [6.07, 6.45) is 3.90. The summed E-state index contributed by atoms with van der Waals surface area (Å²) in [7, 11) is 0. The number of alkyl halides is 2. The van der Waals surface area contributed by atoms with E-state index in [9.17, 15) is 8.78 Å². The van der Waals surface area contributed by atoms with Gasteiger partial charge in [-0.2, -0.15) is 0 Å². The molecule has 3 N–H and O–H groups in total. The maximum absolute atomic E-state index is 13.4. The standard InChI is InChI=1S/C15H20F2N2/c16-15(17)7-6-13(9-15)14(19-18)12-5-4-10-2-1-3-11(10)8-12/h4-5,8,13-14,19H,1-3,6-7,9,18H2. The minimum absolute atomic E-state index is 0.0131. The summed E-state index contributed by atoms with van der Waals surface area (Å²) in [5.74, 6) is 3.04. The van der Waals surface area contributed by atoms with Crippen LogP contribution in [0.3, 0.4) is 0 Å². The lowest BCUT2D eigenvalue weighted by Gasteiger charge is -2.24. The van der Waals surface area contributed by atoms with Crippen LogP contribution in [0.2, 0.25) is 0 Å². The molecule has 2 unspecified atom stereocenters. The molecule has 0 spiro atoms. The number of nitrogens with two attached hydrogens (primary N) is 1. The Morgan fingerprint density at radius 1 is 1.26 bits per heavy atom. The van der Waals surface area contributed by atoms with Crippen molar-refractivity contribution in [2.24, 2.45) is 11.8 Å². The Hall–Kier alpha value is -1.00. The van der Waals surface area contributed by atoms with E-state index in [0.29, 0.717) is 6.42 Å². The first kappa shape index (κ1) is 13.0. The Morgan fingerprint density at radius 3 is 2.74 bits per heavy atom. The number of benzene rings is 1. The van der Waals surface area contributed by atoms with Crippen molar-refractivity contribution in [2.75, 3.05) is 0 Å². The summed E-state index contributed by atoms with van der Waals surface area (Å²) >= 11 is 0. The predicted octanol–water partition coefficient (Wildman–Crippen LogP) is 3.12. The lowest BCUT2D eigenvalue weighted by molar-refractivity contribution is 0.00327. The fourth-order valence-electron chi connectivity index (χ4n) is 3.56. The second-order valence-corrected chi connectivity index (χ2v) is 5.88. The summed E-state index contributed by atoms with van der Waals surface area (Å²) in [6, 6.07) is 6.18.